The summed E-state index contributed by atoms with van der Waals surface area (Å²) in [4.78, 5) is 15.9. The molecule has 0 aromatic carbocycles. The van der Waals surface area contributed by atoms with Gasteiger partial charge in [-0.2, -0.15) is 0 Å². The van der Waals surface area contributed by atoms with E-state index in [0.29, 0.717) is 10.6 Å². The van der Waals surface area contributed by atoms with Gasteiger partial charge in [0.1, 0.15) is 5.00 Å². The second kappa shape index (κ2) is 5.78. The molecule has 96 valence electrons. The minimum atomic E-state index is -0.00885. The lowest BCUT2D eigenvalue weighted by Crippen LogP contribution is -2.14. The summed E-state index contributed by atoms with van der Waals surface area (Å²) in [5.74, 6) is 0.129. The zero-order valence-corrected chi connectivity index (χ0v) is 12.7. The third-order valence-electron chi connectivity index (χ3n) is 2.66. The Labute approximate surface area is 111 Å². The van der Waals surface area contributed by atoms with Gasteiger partial charge in [-0.3, -0.25) is 4.79 Å². The molecule has 0 bridgehead atoms. The summed E-state index contributed by atoms with van der Waals surface area (Å²) in [6.45, 7) is 6.81. The molecule has 0 aliphatic rings. The first kappa shape index (κ1) is 14.4. The predicted octanol–water partition coefficient (Wildman–Crippen LogP) is 3.35. The molecule has 3 nitrogen and oxygen atoms in total. The van der Waals surface area contributed by atoms with E-state index in [1.54, 1.807) is 11.8 Å². The van der Waals surface area contributed by atoms with E-state index in [1.807, 2.05) is 27.2 Å². The van der Waals surface area contributed by atoms with Gasteiger partial charge in [-0.25, -0.2) is 0 Å². The van der Waals surface area contributed by atoms with Crippen LogP contribution in [0.25, 0.3) is 0 Å². The van der Waals surface area contributed by atoms with Gasteiger partial charge in [0.05, 0.1) is 15.5 Å². The Kier molecular flexibility index (Phi) is 4.89. The van der Waals surface area contributed by atoms with Crippen molar-refractivity contribution < 1.29 is 4.79 Å². The Morgan fingerprint density at radius 3 is 2.53 bits per heavy atom. The van der Waals surface area contributed by atoms with Crippen molar-refractivity contribution in [2.75, 3.05) is 30.5 Å². The number of carbonyl (C=O) groups excluding carboxylic acids is 1. The number of nitrogens with two attached hydrogens (primary N) is 1. The Balaban J connectivity index is 3.27. The number of carbonyl (C=O) groups is 1. The number of hydrogen-bond donors (Lipinski definition) is 1. The molecule has 5 heteroatoms. The van der Waals surface area contributed by atoms with Gasteiger partial charge in [-0.1, -0.05) is 13.8 Å². The first-order valence-electron chi connectivity index (χ1n) is 5.65. The lowest BCUT2D eigenvalue weighted by Gasteiger charge is -2.15. The van der Waals surface area contributed by atoms with Crippen LogP contribution in [0.4, 0.5) is 10.7 Å². The standard InChI is InChI=1S/C12H20N2OS2/c1-6-14(4)12-11(16-5)8(13)10(17-12)9(15)7(2)3/h7H,6,13H2,1-5H3. The highest BCUT2D eigenvalue weighted by molar-refractivity contribution is 7.99. The normalized spacial score (nSPS) is 10.9. The number of nitrogens with zero attached hydrogens (tertiary/aromatic N) is 1. The van der Waals surface area contributed by atoms with E-state index in [-0.39, 0.29) is 11.7 Å². The van der Waals surface area contributed by atoms with Gasteiger partial charge in [0.2, 0.25) is 0 Å². The molecule has 0 radical (unpaired) electrons. The summed E-state index contributed by atoms with van der Waals surface area (Å²) in [7, 11) is 2.02. The van der Waals surface area contributed by atoms with Gasteiger partial charge in [-0.05, 0) is 13.2 Å². The summed E-state index contributed by atoms with van der Waals surface area (Å²) in [5.41, 5.74) is 6.74. The SMILES string of the molecule is CCN(C)c1sc(C(=O)C(C)C)c(N)c1SC. The predicted molar refractivity (Wildman–Crippen MR) is 78.6 cm³/mol. The maximum Gasteiger partial charge on any atom is 0.177 e. The van der Waals surface area contributed by atoms with Crippen molar-refractivity contribution >= 4 is 39.6 Å². The van der Waals surface area contributed by atoms with E-state index in [0.717, 1.165) is 16.4 Å². The highest BCUT2D eigenvalue weighted by atomic mass is 32.2. The van der Waals surface area contributed by atoms with Crippen LogP contribution in [0.15, 0.2) is 4.90 Å². The van der Waals surface area contributed by atoms with Crippen molar-refractivity contribution in [2.24, 2.45) is 5.92 Å². The van der Waals surface area contributed by atoms with Crippen LogP contribution in [-0.4, -0.2) is 25.6 Å². The van der Waals surface area contributed by atoms with Crippen LogP contribution >= 0.6 is 23.1 Å². The molecule has 0 aliphatic carbocycles. The Morgan fingerprint density at radius 1 is 1.53 bits per heavy atom. The molecule has 2 N–H and O–H groups in total. The maximum atomic E-state index is 12.1. The monoisotopic (exact) mass is 272 g/mol. The van der Waals surface area contributed by atoms with Crippen molar-refractivity contribution in [1.82, 2.24) is 0 Å². The molecule has 1 aromatic heterocycles. The molecule has 1 rings (SSSR count). The summed E-state index contributed by atoms with van der Waals surface area (Å²) < 4.78 is 0. The fourth-order valence-electron chi connectivity index (χ4n) is 1.45. The first-order valence-corrected chi connectivity index (χ1v) is 7.69. The summed E-state index contributed by atoms with van der Waals surface area (Å²) in [6.07, 6.45) is 2.00. The number of anilines is 2. The molecule has 0 saturated carbocycles. The van der Waals surface area contributed by atoms with Crippen LogP contribution in [0.5, 0.6) is 0 Å². The topological polar surface area (TPSA) is 46.3 Å². The van der Waals surface area contributed by atoms with Crippen molar-refractivity contribution in [1.29, 1.82) is 0 Å². The van der Waals surface area contributed by atoms with E-state index < -0.39 is 0 Å². The van der Waals surface area contributed by atoms with Crippen LogP contribution in [-0.2, 0) is 0 Å². The molecular weight excluding hydrogens is 252 g/mol. The second-order valence-corrected chi connectivity index (χ2v) is 6.03. The first-order chi connectivity index (χ1) is 7.93. The average Bonchev–Trinajstić information content (AvgIpc) is 2.64. The molecule has 0 fully saturated rings. The molecule has 0 aliphatic heterocycles. The summed E-state index contributed by atoms with van der Waals surface area (Å²) in [6, 6.07) is 0. The fraction of sp³-hybridized carbons (Fsp3) is 0.583. The molecule has 0 amide bonds. The molecular formula is C12H20N2OS2. The number of Topliss-reactive ketones (excluding diaryl/α,β-unsaturated/α-hetero) is 1. The van der Waals surface area contributed by atoms with E-state index in [4.69, 9.17) is 5.73 Å². The van der Waals surface area contributed by atoms with E-state index in [2.05, 4.69) is 11.8 Å². The Bertz CT molecular complexity index is 413. The molecule has 0 saturated heterocycles. The Hall–Kier alpha value is -0.680. The van der Waals surface area contributed by atoms with Crippen LogP contribution < -0.4 is 10.6 Å². The van der Waals surface area contributed by atoms with E-state index in [9.17, 15) is 4.79 Å². The van der Waals surface area contributed by atoms with E-state index >= 15 is 0 Å². The van der Waals surface area contributed by atoms with Gasteiger partial charge in [0, 0.05) is 19.5 Å². The molecule has 0 atom stereocenters. The van der Waals surface area contributed by atoms with Crippen molar-refractivity contribution in [3.63, 3.8) is 0 Å². The summed E-state index contributed by atoms with van der Waals surface area (Å²) >= 11 is 3.12. The third-order valence-corrected chi connectivity index (χ3v) is 4.94. The van der Waals surface area contributed by atoms with Crippen molar-refractivity contribution in [2.45, 2.75) is 25.7 Å². The highest BCUT2D eigenvalue weighted by Crippen LogP contribution is 2.44. The van der Waals surface area contributed by atoms with Crippen LogP contribution in [0.1, 0.15) is 30.4 Å². The maximum absolute atomic E-state index is 12.1. The number of hydrogen-bond acceptors (Lipinski definition) is 5. The number of thioether (sulfide) groups is 1. The minimum absolute atomic E-state index is 0.00885. The van der Waals surface area contributed by atoms with Gasteiger partial charge >= 0.3 is 0 Å². The highest BCUT2D eigenvalue weighted by Gasteiger charge is 2.23. The van der Waals surface area contributed by atoms with Gasteiger partial charge in [0.15, 0.2) is 5.78 Å². The van der Waals surface area contributed by atoms with Crippen molar-refractivity contribution in [3.8, 4) is 0 Å². The van der Waals surface area contributed by atoms with E-state index in [1.165, 1.54) is 11.3 Å². The van der Waals surface area contributed by atoms with Crippen LogP contribution in [0, 0.1) is 5.92 Å². The Morgan fingerprint density at radius 2 is 2.12 bits per heavy atom. The molecule has 0 unspecified atom stereocenters. The number of rotatable bonds is 5. The fourth-order valence-corrected chi connectivity index (χ4v) is 3.77. The lowest BCUT2D eigenvalue weighted by atomic mass is 10.1. The molecule has 1 heterocycles. The number of nitrogen functional groups attached to an aromatic ring is 1. The lowest BCUT2D eigenvalue weighted by molar-refractivity contribution is 0.0944. The van der Waals surface area contributed by atoms with Crippen LogP contribution in [0.3, 0.4) is 0 Å². The zero-order chi connectivity index (χ0) is 13.2. The van der Waals surface area contributed by atoms with Gasteiger partial charge in [0.25, 0.3) is 0 Å². The number of thiophene rings is 1. The quantitative estimate of drug-likeness (QED) is 0.659. The second-order valence-electron chi connectivity index (χ2n) is 4.22. The molecule has 0 spiro atoms. The average molecular weight is 272 g/mol. The number of ketones is 1. The third kappa shape index (κ3) is 2.77. The molecule has 1 aromatic rings. The molecule has 17 heavy (non-hydrogen) atoms. The van der Waals surface area contributed by atoms with Crippen molar-refractivity contribution in [3.05, 3.63) is 4.88 Å². The van der Waals surface area contributed by atoms with Gasteiger partial charge < -0.3 is 10.6 Å². The largest absolute Gasteiger partial charge is 0.396 e. The smallest absolute Gasteiger partial charge is 0.177 e. The minimum Gasteiger partial charge on any atom is -0.396 e. The van der Waals surface area contributed by atoms with Gasteiger partial charge in [-0.15, -0.1) is 23.1 Å². The van der Waals surface area contributed by atoms with Crippen LogP contribution in [0.2, 0.25) is 0 Å². The summed E-state index contributed by atoms with van der Waals surface area (Å²) in [5, 5.41) is 1.10. The zero-order valence-electron chi connectivity index (χ0n) is 11.0.